The quantitative estimate of drug-likeness (QED) is 0.793. The Morgan fingerprint density at radius 3 is 2.94 bits per heavy atom. The first-order valence-electron chi connectivity index (χ1n) is 5.59. The molecular weight excluding hydrogens is 202 g/mol. The molecule has 2 rings (SSSR count). The van der Waals surface area contributed by atoms with E-state index in [9.17, 15) is 4.79 Å². The van der Waals surface area contributed by atoms with Crippen molar-refractivity contribution < 1.29 is 4.79 Å². The Kier molecular flexibility index (Phi) is 2.92. The fourth-order valence-corrected chi connectivity index (χ4v) is 1.74. The van der Waals surface area contributed by atoms with Crippen LogP contribution in [0.25, 0.3) is 0 Å². The summed E-state index contributed by atoms with van der Waals surface area (Å²) >= 11 is 0. The lowest BCUT2D eigenvalue weighted by atomic mass is 10.1. The average molecular weight is 219 g/mol. The molecule has 4 nitrogen and oxygen atoms in total. The summed E-state index contributed by atoms with van der Waals surface area (Å²) in [6, 6.07) is 3.82. The van der Waals surface area contributed by atoms with Gasteiger partial charge in [0.25, 0.3) is 0 Å². The lowest BCUT2D eigenvalue weighted by molar-refractivity contribution is -0.126. The smallest absolute Gasteiger partial charge is 0.227 e. The van der Waals surface area contributed by atoms with Crippen LogP contribution in [0.4, 0.5) is 0 Å². The molecule has 1 aliphatic rings. The number of amides is 1. The van der Waals surface area contributed by atoms with Crippen LogP contribution in [0.3, 0.4) is 0 Å². The van der Waals surface area contributed by atoms with Gasteiger partial charge >= 0.3 is 0 Å². The Balaban J connectivity index is 1.98. The highest BCUT2D eigenvalue weighted by molar-refractivity contribution is 5.85. The van der Waals surface area contributed by atoms with E-state index in [1.165, 1.54) is 0 Å². The van der Waals surface area contributed by atoms with Gasteiger partial charge in [0.05, 0.1) is 11.5 Å². The number of hydrogen-bond acceptors (Lipinski definition) is 3. The number of carbonyl (C=O) groups excluding carboxylic acids is 1. The molecular formula is C12H17N3O. The molecule has 0 unspecified atom stereocenters. The van der Waals surface area contributed by atoms with Gasteiger partial charge in [-0.1, -0.05) is 6.07 Å². The highest BCUT2D eigenvalue weighted by Gasteiger charge is 2.48. The fourth-order valence-electron chi connectivity index (χ4n) is 1.74. The van der Waals surface area contributed by atoms with E-state index in [4.69, 9.17) is 5.73 Å². The van der Waals surface area contributed by atoms with E-state index in [0.717, 1.165) is 18.4 Å². The van der Waals surface area contributed by atoms with Crippen molar-refractivity contribution in [1.29, 1.82) is 0 Å². The molecule has 0 radical (unpaired) electrons. The summed E-state index contributed by atoms with van der Waals surface area (Å²) in [6.45, 7) is 2.40. The molecule has 1 aromatic rings. The zero-order valence-electron chi connectivity index (χ0n) is 9.44. The summed E-state index contributed by atoms with van der Waals surface area (Å²) in [6.07, 6.45) is 5.32. The minimum absolute atomic E-state index is 0.00905. The molecule has 0 saturated heterocycles. The first-order chi connectivity index (χ1) is 7.68. The van der Waals surface area contributed by atoms with Gasteiger partial charge in [0.1, 0.15) is 0 Å². The Morgan fingerprint density at radius 1 is 1.69 bits per heavy atom. The second kappa shape index (κ2) is 4.22. The lowest BCUT2D eigenvalue weighted by Gasteiger charge is -2.18. The molecule has 1 aromatic heterocycles. The van der Waals surface area contributed by atoms with E-state index in [2.05, 4.69) is 10.3 Å². The van der Waals surface area contributed by atoms with Crippen molar-refractivity contribution >= 4 is 5.91 Å². The Morgan fingerprint density at radius 2 is 2.44 bits per heavy atom. The van der Waals surface area contributed by atoms with Crippen molar-refractivity contribution in [2.45, 2.75) is 25.8 Å². The molecule has 0 aliphatic heterocycles. The van der Waals surface area contributed by atoms with E-state index >= 15 is 0 Å². The summed E-state index contributed by atoms with van der Waals surface area (Å²) in [4.78, 5) is 16.0. The van der Waals surface area contributed by atoms with Gasteiger partial charge in [0.15, 0.2) is 0 Å². The summed E-state index contributed by atoms with van der Waals surface area (Å²) in [5, 5.41) is 2.99. The van der Waals surface area contributed by atoms with Crippen molar-refractivity contribution in [3.63, 3.8) is 0 Å². The average Bonchev–Trinajstić information content (AvgIpc) is 3.11. The monoisotopic (exact) mass is 219 g/mol. The van der Waals surface area contributed by atoms with Crippen LogP contribution in [-0.4, -0.2) is 17.4 Å². The zero-order valence-corrected chi connectivity index (χ0v) is 9.44. The minimum Gasteiger partial charge on any atom is -0.349 e. The summed E-state index contributed by atoms with van der Waals surface area (Å²) < 4.78 is 0. The van der Waals surface area contributed by atoms with E-state index in [1.54, 1.807) is 12.4 Å². The summed E-state index contributed by atoms with van der Waals surface area (Å²) in [5.74, 6) is 0.0753. The number of nitrogens with zero attached hydrogens (tertiary/aromatic N) is 1. The van der Waals surface area contributed by atoms with Gasteiger partial charge in [-0.3, -0.25) is 9.78 Å². The van der Waals surface area contributed by atoms with Gasteiger partial charge in [-0.2, -0.15) is 0 Å². The van der Waals surface area contributed by atoms with Gasteiger partial charge in [-0.15, -0.1) is 0 Å². The summed E-state index contributed by atoms with van der Waals surface area (Å²) in [5.41, 5.74) is 6.35. The SMILES string of the molecule is C[C@@H](NC(=O)C1(CN)CC1)c1cccnc1. The van der Waals surface area contributed by atoms with Crippen molar-refractivity contribution in [3.8, 4) is 0 Å². The predicted octanol–water partition coefficient (Wildman–Crippen LogP) is 0.998. The Hall–Kier alpha value is -1.42. The van der Waals surface area contributed by atoms with E-state index in [1.807, 2.05) is 19.1 Å². The first kappa shape index (κ1) is 11.1. The Labute approximate surface area is 95.3 Å². The number of nitrogens with two attached hydrogens (primary N) is 1. The van der Waals surface area contributed by atoms with Crippen molar-refractivity contribution in [2.75, 3.05) is 6.54 Å². The number of pyridine rings is 1. The largest absolute Gasteiger partial charge is 0.349 e. The molecule has 0 bridgehead atoms. The van der Waals surface area contributed by atoms with Crippen LogP contribution in [-0.2, 0) is 4.79 Å². The van der Waals surface area contributed by atoms with Crippen LogP contribution in [0, 0.1) is 5.41 Å². The molecule has 1 fully saturated rings. The van der Waals surface area contributed by atoms with Crippen molar-refractivity contribution in [3.05, 3.63) is 30.1 Å². The molecule has 1 heterocycles. The van der Waals surface area contributed by atoms with Gasteiger partial charge in [0.2, 0.25) is 5.91 Å². The third-order valence-electron chi connectivity index (χ3n) is 3.26. The fraction of sp³-hybridized carbons (Fsp3) is 0.500. The van der Waals surface area contributed by atoms with Gasteiger partial charge < -0.3 is 11.1 Å². The maximum Gasteiger partial charge on any atom is 0.227 e. The predicted molar refractivity (Wildman–Crippen MR) is 61.5 cm³/mol. The maximum absolute atomic E-state index is 11.9. The van der Waals surface area contributed by atoms with Gasteiger partial charge in [-0.25, -0.2) is 0 Å². The number of nitrogens with one attached hydrogen (secondary N) is 1. The highest BCUT2D eigenvalue weighted by Crippen LogP contribution is 2.45. The topological polar surface area (TPSA) is 68.0 Å². The number of hydrogen-bond donors (Lipinski definition) is 2. The molecule has 86 valence electrons. The van der Waals surface area contributed by atoms with Gasteiger partial charge in [-0.05, 0) is 31.4 Å². The number of rotatable bonds is 4. The standard InChI is InChI=1S/C12H17N3O/c1-9(10-3-2-6-14-7-10)15-11(16)12(8-13)4-5-12/h2-3,6-7,9H,4-5,8,13H2,1H3,(H,15,16)/t9-/m1/s1. The normalized spacial score (nSPS) is 18.9. The van der Waals surface area contributed by atoms with E-state index in [0.29, 0.717) is 6.54 Å². The minimum atomic E-state index is -0.281. The number of carbonyl (C=O) groups is 1. The first-order valence-corrected chi connectivity index (χ1v) is 5.59. The lowest BCUT2D eigenvalue weighted by Crippen LogP contribution is -2.37. The molecule has 1 amide bonds. The third kappa shape index (κ3) is 2.07. The Bertz CT molecular complexity index is 373. The van der Waals surface area contributed by atoms with Gasteiger partial charge in [0, 0.05) is 18.9 Å². The van der Waals surface area contributed by atoms with Crippen molar-refractivity contribution in [1.82, 2.24) is 10.3 Å². The molecule has 1 aliphatic carbocycles. The number of aromatic nitrogens is 1. The van der Waals surface area contributed by atoms with Crippen LogP contribution in [0.1, 0.15) is 31.4 Å². The second-order valence-corrected chi connectivity index (χ2v) is 4.47. The van der Waals surface area contributed by atoms with Crippen LogP contribution in [0.5, 0.6) is 0 Å². The molecule has 16 heavy (non-hydrogen) atoms. The zero-order chi connectivity index (χ0) is 11.6. The van der Waals surface area contributed by atoms with Crippen LogP contribution in [0.15, 0.2) is 24.5 Å². The van der Waals surface area contributed by atoms with Crippen LogP contribution < -0.4 is 11.1 Å². The third-order valence-corrected chi connectivity index (χ3v) is 3.26. The molecule has 0 aromatic carbocycles. The van der Waals surface area contributed by atoms with E-state index < -0.39 is 0 Å². The molecule has 4 heteroatoms. The maximum atomic E-state index is 11.9. The van der Waals surface area contributed by atoms with Crippen molar-refractivity contribution in [2.24, 2.45) is 11.1 Å². The van der Waals surface area contributed by atoms with Crippen LogP contribution in [0.2, 0.25) is 0 Å². The molecule has 3 N–H and O–H groups in total. The molecule has 0 spiro atoms. The second-order valence-electron chi connectivity index (χ2n) is 4.47. The molecule has 1 saturated carbocycles. The van der Waals surface area contributed by atoms with E-state index in [-0.39, 0.29) is 17.4 Å². The van der Waals surface area contributed by atoms with Crippen LogP contribution >= 0.6 is 0 Å². The molecule has 1 atom stereocenters. The highest BCUT2D eigenvalue weighted by atomic mass is 16.2. The summed E-state index contributed by atoms with van der Waals surface area (Å²) in [7, 11) is 0.